The van der Waals surface area contributed by atoms with E-state index in [2.05, 4.69) is 6.92 Å². The van der Waals surface area contributed by atoms with Gasteiger partial charge in [0, 0.05) is 18.0 Å². The number of nitrogens with zero attached hydrogens (tertiary/aromatic N) is 2. The third kappa shape index (κ3) is 4.16. The van der Waals surface area contributed by atoms with E-state index in [1.54, 1.807) is 47.0 Å². The summed E-state index contributed by atoms with van der Waals surface area (Å²) in [5.74, 6) is 1.10. The molecule has 0 spiro atoms. The van der Waals surface area contributed by atoms with Crippen LogP contribution in [0.25, 0.3) is 0 Å². The number of benzene rings is 1. The Kier molecular flexibility index (Phi) is 5.66. The number of anilines is 1. The summed E-state index contributed by atoms with van der Waals surface area (Å²) in [4.78, 5) is 1.02. The average molecular weight is 381 g/mol. The van der Waals surface area contributed by atoms with Crippen LogP contribution in [0.15, 0.2) is 41.8 Å². The minimum atomic E-state index is -3.57. The Hall–Kier alpha value is -1.57. The van der Waals surface area contributed by atoms with Crippen molar-refractivity contribution in [1.29, 1.82) is 0 Å². The molecule has 1 aliphatic heterocycles. The third-order valence-corrected chi connectivity index (χ3v) is 7.21. The van der Waals surface area contributed by atoms with E-state index in [0.29, 0.717) is 37.0 Å². The molecule has 2 aromatic rings. The molecule has 1 atom stereocenters. The highest BCUT2D eigenvalue weighted by molar-refractivity contribution is 7.90. The lowest BCUT2D eigenvalue weighted by Crippen LogP contribution is -2.47. The molecule has 0 bridgehead atoms. The number of rotatable bonds is 6. The molecule has 25 heavy (non-hydrogen) atoms. The van der Waals surface area contributed by atoms with Gasteiger partial charge >= 0.3 is 10.2 Å². The van der Waals surface area contributed by atoms with E-state index in [1.807, 2.05) is 17.5 Å². The van der Waals surface area contributed by atoms with Gasteiger partial charge in [-0.25, -0.2) is 0 Å². The monoisotopic (exact) mass is 380 g/mol. The Morgan fingerprint density at radius 1 is 1.28 bits per heavy atom. The van der Waals surface area contributed by atoms with Gasteiger partial charge in [-0.2, -0.15) is 12.7 Å². The van der Waals surface area contributed by atoms with Crippen LogP contribution >= 0.6 is 11.3 Å². The van der Waals surface area contributed by atoms with Gasteiger partial charge in [-0.1, -0.05) is 13.0 Å². The molecule has 0 amide bonds. The Bertz CT molecular complexity index is 773. The molecule has 1 aromatic carbocycles. The maximum atomic E-state index is 13.3. The van der Waals surface area contributed by atoms with Crippen molar-refractivity contribution in [3.63, 3.8) is 0 Å². The lowest BCUT2D eigenvalue weighted by Gasteiger charge is -2.35. The van der Waals surface area contributed by atoms with Crippen LogP contribution in [0.5, 0.6) is 5.75 Å². The molecule has 136 valence electrons. The Labute approximate surface area is 154 Å². The SMILES string of the molecule is COc1ccc(N(Cc2cccs2)S(=O)(=O)N2CCCC(C)C2)cc1. The zero-order valence-electron chi connectivity index (χ0n) is 14.6. The molecule has 1 aromatic heterocycles. The molecular weight excluding hydrogens is 356 g/mol. The van der Waals surface area contributed by atoms with Gasteiger partial charge in [0.15, 0.2) is 0 Å². The van der Waals surface area contributed by atoms with E-state index in [9.17, 15) is 8.42 Å². The topological polar surface area (TPSA) is 49.9 Å². The molecule has 0 aliphatic carbocycles. The van der Waals surface area contributed by atoms with Crippen molar-refractivity contribution in [1.82, 2.24) is 4.31 Å². The predicted octanol–water partition coefficient (Wildman–Crippen LogP) is 3.74. The fraction of sp³-hybridized carbons (Fsp3) is 0.444. The maximum absolute atomic E-state index is 13.3. The number of hydrogen-bond donors (Lipinski definition) is 0. The van der Waals surface area contributed by atoms with Crippen LogP contribution in [0, 0.1) is 5.92 Å². The van der Waals surface area contributed by atoms with Crippen LogP contribution in [-0.4, -0.2) is 32.9 Å². The number of thiophene rings is 1. The van der Waals surface area contributed by atoms with Gasteiger partial charge in [-0.05, 0) is 54.5 Å². The molecule has 5 nitrogen and oxygen atoms in total. The van der Waals surface area contributed by atoms with Gasteiger partial charge in [0.1, 0.15) is 5.75 Å². The molecule has 0 radical (unpaired) electrons. The second kappa shape index (κ2) is 7.76. The van der Waals surface area contributed by atoms with E-state index in [4.69, 9.17) is 4.74 Å². The lowest BCUT2D eigenvalue weighted by atomic mass is 10.0. The fourth-order valence-electron chi connectivity index (χ4n) is 3.09. The number of hydrogen-bond acceptors (Lipinski definition) is 4. The van der Waals surface area contributed by atoms with E-state index < -0.39 is 10.2 Å². The minimum Gasteiger partial charge on any atom is -0.497 e. The second-order valence-corrected chi connectivity index (χ2v) is 9.28. The normalized spacial score (nSPS) is 18.9. The van der Waals surface area contributed by atoms with Crippen molar-refractivity contribution in [3.8, 4) is 5.75 Å². The highest BCUT2D eigenvalue weighted by atomic mass is 32.2. The summed E-state index contributed by atoms with van der Waals surface area (Å²) in [6.07, 6.45) is 2.00. The van der Waals surface area contributed by atoms with Crippen molar-refractivity contribution in [2.75, 3.05) is 24.5 Å². The number of methoxy groups -OCH3 is 1. The molecule has 7 heteroatoms. The summed E-state index contributed by atoms with van der Waals surface area (Å²) in [6.45, 7) is 3.62. The number of ether oxygens (including phenoxy) is 1. The summed E-state index contributed by atoms with van der Waals surface area (Å²) < 4.78 is 35.0. The lowest BCUT2D eigenvalue weighted by molar-refractivity contribution is 0.280. The van der Waals surface area contributed by atoms with Gasteiger partial charge in [-0.15, -0.1) is 11.3 Å². The van der Waals surface area contributed by atoms with E-state index in [0.717, 1.165) is 17.7 Å². The van der Waals surface area contributed by atoms with Crippen LogP contribution in [0.3, 0.4) is 0 Å². The Morgan fingerprint density at radius 2 is 2.04 bits per heavy atom. The molecule has 1 fully saturated rings. The zero-order valence-corrected chi connectivity index (χ0v) is 16.2. The highest BCUT2D eigenvalue weighted by Gasteiger charge is 2.33. The first-order chi connectivity index (χ1) is 12.0. The minimum absolute atomic E-state index is 0.344. The quantitative estimate of drug-likeness (QED) is 0.767. The summed E-state index contributed by atoms with van der Waals surface area (Å²) in [5.41, 5.74) is 0.660. The highest BCUT2D eigenvalue weighted by Crippen LogP contribution is 2.29. The van der Waals surface area contributed by atoms with Crippen molar-refractivity contribution < 1.29 is 13.2 Å². The summed E-state index contributed by atoms with van der Waals surface area (Å²) >= 11 is 1.57. The summed E-state index contributed by atoms with van der Waals surface area (Å²) in [7, 11) is -1.97. The number of piperidine rings is 1. The molecule has 1 aliphatic rings. The van der Waals surface area contributed by atoms with Crippen molar-refractivity contribution >= 4 is 27.2 Å². The molecule has 1 saturated heterocycles. The first-order valence-corrected chi connectivity index (χ1v) is 10.7. The first kappa shape index (κ1) is 18.2. The smallest absolute Gasteiger partial charge is 0.304 e. The van der Waals surface area contributed by atoms with Gasteiger partial charge in [0.2, 0.25) is 0 Å². The Balaban J connectivity index is 1.94. The van der Waals surface area contributed by atoms with Crippen molar-refractivity contribution in [2.24, 2.45) is 5.92 Å². The van der Waals surface area contributed by atoms with Crippen LogP contribution in [0.2, 0.25) is 0 Å². The van der Waals surface area contributed by atoms with Crippen LogP contribution in [0.1, 0.15) is 24.6 Å². The standard InChI is InChI=1S/C18H24N2O3S2/c1-15-5-3-11-19(13-15)25(21,22)20(14-18-6-4-12-24-18)16-7-9-17(23-2)10-8-16/h4,6-10,12,15H,3,5,11,13-14H2,1-2H3. The molecule has 1 unspecified atom stereocenters. The van der Waals surface area contributed by atoms with Crippen LogP contribution < -0.4 is 9.04 Å². The maximum Gasteiger partial charge on any atom is 0.304 e. The average Bonchev–Trinajstić information content (AvgIpc) is 3.13. The largest absolute Gasteiger partial charge is 0.497 e. The van der Waals surface area contributed by atoms with Crippen molar-refractivity contribution in [3.05, 3.63) is 46.7 Å². The van der Waals surface area contributed by atoms with Gasteiger partial charge < -0.3 is 4.74 Å². The predicted molar refractivity (Wildman–Crippen MR) is 102 cm³/mol. The molecule has 0 N–H and O–H groups in total. The zero-order chi connectivity index (χ0) is 17.9. The molecule has 3 rings (SSSR count). The van der Waals surface area contributed by atoms with E-state index in [1.165, 1.54) is 4.31 Å². The van der Waals surface area contributed by atoms with Crippen LogP contribution in [0.4, 0.5) is 5.69 Å². The van der Waals surface area contributed by atoms with Gasteiger partial charge in [0.05, 0.1) is 19.3 Å². The third-order valence-electron chi connectivity index (χ3n) is 4.46. The molecular formula is C18H24N2O3S2. The van der Waals surface area contributed by atoms with Gasteiger partial charge in [-0.3, -0.25) is 4.31 Å². The van der Waals surface area contributed by atoms with Crippen molar-refractivity contribution in [2.45, 2.75) is 26.3 Å². The van der Waals surface area contributed by atoms with Gasteiger partial charge in [0.25, 0.3) is 0 Å². The Morgan fingerprint density at radius 3 is 2.64 bits per heavy atom. The van der Waals surface area contributed by atoms with E-state index >= 15 is 0 Å². The molecule has 2 heterocycles. The van der Waals surface area contributed by atoms with Crippen LogP contribution in [-0.2, 0) is 16.8 Å². The first-order valence-electron chi connectivity index (χ1n) is 8.45. The van der Waals surface area contributed by atoms with E-state index in [-0.39, 0.29) is 0 Å². The molecule has 0 saturated carbocycles. The summed E-state index contributed by atoms with van der Waals surface area (Å²) in [6, 6.07) is 11.1. The fourth-order valence-corrected chi connectivity index (χ4v) is 5.64. The second-order valence-electron chi connectivity index (χ2n) is 6.40. The summed E-state index contributed by atoms with van der Waals surface area (Å²) in [5, 5.41) is 1.97.